The number of aromatic amines is 1. The molecule has 1 saturated heterocycles. The summed E-state index contributed by atoms with van der Waals surface area (Å²) in [5.74, 6) is 0. The number of hydrogen-bond donors (Lipinski definition) is 2. The second kappa shape index (κ2) is 5.31. The smallest absolute Gasteiger partial charge is 0.326 e. The normalized spacial score (nSPS) is 18.4. The molecule has 114 valence electrons. The zero-order valence-electron chi connectivity index (χ0n) is 12.7. The number of aliphatic hydroxyl groups is 1. The van der Waals surface area contributed by atoms with Crippen molar-refractivity contribution < 1.29 is 5.11 Å². The number of H-pyrrole nitrogens is 1. The van der Waals surface area contributed by atoms with Crippen molar-refractivity contribution in [1.29, 1.82) is 0 Å². The van der Waals surface area contributed by atoms with Crippen LogP contribution < -0.4 is 5.69 Å². The standard InChI is InChI=1S/C16H23N3O2/c1-16(2,21)11-18-9-7-12(8-10-18)19-14-6-4-3-5-13(14)17-15(19)20/h3-6,12,21H,7-11H2,1-2H3,(H,17,20). The second-order valence-electron chi connectivity index (χ2n) is 6.64. The van der Waals surface area contributed by atoms with E-state index in [9.17, 15) is 9.90 Å². The maximum atomic E-state index is 12.2. The van der Waals surface area contributed by atoms with E-state index >= 15 is 0 Å². The molecular weight excluding hydrogens is 266 g/mol. The summed E-state index contributed by atoms with van der Waals surface area (Å²) in [6, 6.07) is 8.09. The van der Waals surface area contributed by atoms with E-state index in [1.807, 2.05) is 42.7 Å². The van der Waals surface area contributed by atoms with Crippen LogP contribution in [0.25, 0.3) is 11.0 Å². The third-order valence-electron chi connectivity index (χ3n) is 4.16. The highest BCUT2D eigenvalue weighted by atomic mass is 16.3. The molecule has 2 aromatic rings. The van der Waals surface area contributed by atoms with E-state index in [1.54, 1.807) is 0 Å². The molecule has 21 heavy (non-hydrogen) atoms. The fourth-order valence-electron chi connectivity index (χ4n) is 3.32. The van der Waals surface area contributed by atoms with Crippen molar-refractivity contribution >= 4 is 11.0 Å². The predicted octanol–water partition coefficient (Wildman–Crippen LogP) is 1.74. The SMILES string of the molecule is CC(C)(O)CN1CCC(n2c(=O)[nH]c3ccccc32)CC1. The lowest BCUT2D eigenvalue weighted by Crippen LogP contribution is -2.44. The number of imidazole rings is 1. The summed E-state index contributed by atoms with van der Waals surface area (Å²) in [6.07, 6.45) is 1.88. The Morgan fingerprint density at radius 3 is 2.62 bits per heavy atom. The number of benzene rings is 1. The number of nitrogens with one attached hydrogen (secondary N) is 1. The molecule has 0 unspecified atom stereocenters. The number of fused-ring (bicyclic) bond motifs is 1. The van der Waals surface area contributed by atoms with Gasteiger partial charge in [0.25, 0.3) is 0 Å². The first-order valence-corrected chi connectivity index (χ1v) is 7.58. The van der Waals surface area contributed by atoms with Gasteiger partial charge in [-0.25, -0.2) is 4.79 Å². The minimum Gasteiger partial charge on any atom is -0.389 e. The quantitative estimate of drug-likeness (QED) is 0.904. The Morgan fingerprint density at radius 1 is 1.29 bits per heavy atom. The number of para-hydroxylation sites is 2. The average molecular weight is 289 g/mol. The van der Waals surface area contributed by atoms with Crippen LogP contribution in [0.5, 0.6) is 0 Å². The molecule has 2 N–H and O–H groups in total. The van der Waals surface area contributed by atoms with Crippen molar-refractivity contribution in [3.05, 3.63) is 34.7 Å². The summed E-state index contributed by atoms with van der Waals surface area (Å²) in [7, 11) is 0. The van der Waals surface area contributed by atoms with Gasteiger partial charge in [0.15, 0.2) is 0 Å². The van der Waals surface area contributed by atoms with Gasteiger partial charge in [-0.05, 0) is 38.8 Å². The highest BCUT2D eigenvalue weighted by molar-refractivity contribution is 5.75. The van der Waals surface area contributed by atoms with Crippen LogP contribution in [0.4, 0.5) is 0 Å². The van der Waals surface area contributed by atoms with Crippen LogP contribution in [0.2, 0.25) is 0 Å². The van der Waals surface area contributed by atoms with Crippen LogP contribution in [0.15, 0.2) is 29.1 Å². The van der Waals surface area contributed by atoms with Crippen molar-refractivity contribution in [1.82, 2.24) is 14.5 Å². The minimum absolute atomic E-state index is 0.0165. The van der Waals surface area contributed by atoms with E-state index in [2.05, 4.69) is 9.88 Å². The monoisotopic (exact) mass is 289 g/mol. The van der Waals surface area contributed by atoms with Gasteiger partial charge in [0.1, 0.15) is 0 Å². The van der Waals surface area contributed by atoms with Crippen LogP contribution in [-0.4, -0.2) is 44.8 Å². The van der Waals surface area contributed by atoms with Crippen molar-refractivity contribution in [2.45, 2.75) is 38.3 Å². The lowest BCUT2D eigenvalue weighted by molar-refractivity contribution is 0.0252. The van der Waals surface area contributed by atoms with Gasteiger partial charge in [0.05, 0.1) is 16.6 Å². The van der Waals surface area contributed by atoms with E-state index in [4.69, 9.17) is 0 Å². The number of β-amino-alcohol motifs (C(OH)–C–C–N with tert-alkyl or cyclic N) is 1. The molecule has 1 aromatic carbocycles. The molecule has 1 aliphatic rings. The molecule has 0 atom stereocenters. The summed E-state index contributed by atoms with van der Waals surface area (Å²) in [5.41, 5.74) is 1.21. The van der Waals surface area contributed by atoms with Crippen LogP contribution in [-0.2, 0) is 0 Å². The van der Waals surface area contributed by atoms with Crippen molar-refractivity contribution in [3.63, 3.8) is 0 Å². The summed E-state index contributed by atoms with van der Waals surface area (Å²) in [6.45, 7) is 6.19. The van der Waals surface area contributed by atoms with Gasteiger partial charge in [-0.1, -0.05) is 12.1 Å². The molecule has 5 heteroatoms. The number of piperidine rings is 1. The topological polar surface area (TPSA) is 61.3 Å². The number of nitrogens with zero attached hydrogens (tertiary/aromatic N) is 2. The molecule has 2 heterocycles. The molecule has 0 spiro atoms. The summed E-state index contributed by atoms with van der Waals surface area (Å²) >= 11 is 0. The van der Waals surface area contributed by atoms with Gasteiger partial charge in [0.2, 0.25) is 0 Å². The van der Waals surface area contributed by atoms with E-state index in [1.165, 1.54) is 0 Å². The lowest BCUT2D eigenvalue weighted by Gasteiger charge is -2.35. The van der Waals surface area contributed by atoms with Gasteiger partial charge >= 0.3 is 5.69 Å². The first kappa shape index (κ1) is 14.4. The Labute approximate surface area is 124 Å². The van der Waals surface area contributed by atoms with E-state index < -0.39 is 5.60 Å². The minimum atomic E-state index is -0.662. The third-order valence-corrected chi connectivity index (χ3v) is 4.16. The molecule has 0 radical (unpaired) electrons. The lowest BCUT2D eigenvalue weighted by atomic mass is 10.0. The maximum Gasteiger partial charge on any atom is 0.326 e. The Kier molecular flexibility index (Phi) is 3.63. The zero-order valence-corrected chi connectivity index (χ0v) is 12.7. The van der Waals surface area contributed by atoms with Gasteiger partial charge in [0, 0.05) is 25.7 Å². The van der Waals surface area contributed by atoms with E-state index in [0.717, 1.165) is 37.0 Å². The molecule has 0 bridgehead atoms. The van der Waals surface area contributed by atoms with Crippen LogP contribution in [0, 0.1) is 0 Å². The van der Waals surface area contributed by atoms with Crippen molar-refractivity contribution in [3.8, 4) is 0 Å². The number of hydrogen-bond acceptors (Lipinski definition) is 3. The summed E-state index contributed by atoms with van der Waals surface area (Å²) < 4.78 is 1.90. The second-order valence-corrected chi connectivity index (χ2v) is 6.64. The molecule has 5 nitrogen and oxygen atoms in total. The molecule has 1 aromatic heterocycles. The van der Waals surface area contributed by atoms with E-state index in [-0.39, 0.29) is 11.7 Å². The van der Waals surface area contributed by atoms with Crippen molar-refractivity contribution in [2.75, 3.05) is 19.6 Å². The molecule has 0 aliphatic carbocycles. The largest absolute Gasteiger partial charge is 0.389 e. The third kappa shape index (κ3) is 3.04. The Balaban J connectivity index is 1.77. The Bertz CT molecular complexity index is 673. The summed E-state index contributed by atoms with van der Waals surface area (Å²) in [4.78, 5) is 17.4. The molecule has 1 fully saturated rings. The Morgan fingerprint density at radius 2 is 1.95 bits per heavy atom. The zero-order chi connectivity index (χ0) is 15.0. The predicted molar refractivity (Wildman–Crippen MR) is 83.6 cm³/mol. The molecular formula is C16H23N3O2. The Hall–Kier alpha value is -1.59. The molecule has 0 saturated carbocycles. The first-order valence-electron chi connectivity index (χ1n) is 7.58. The molecule has 1 aliphatic heterocycles. The average Bonchev–Trinajstić information content (AvgIpc) is 2.74. The molecule has 3 rings (SSSR count). The van der Waals surface area contributed by atoms with Gasteiger partial charge in [-0.3, -0.25) is 4.57 Å². The highest BCUT2D eigenvalue weighted by Gasteiger charge is 2.26. The fraction of sp³-hybridized carbons (Fsp3) is 0.562. The van der Waals surface area contributed by atoms with Gasteiger partial charge < -0.3 is 15.0 Å². The van der Waals surface area contributed by atoms with Crippen LogP contribution in [0.1, 0.15) is 32.7 Å². The van der Waals surface area contributed by atoms with Crippen molar-refractivity contribution in [2.24, 2.45) is 0 Å². The molecule has 0 amide bonds. The first-order chi connectivity index (χ1) is 9.94. The van der Waals surface area contributed by atoms with Crippen LogP contribution in [0.3, 0.4) is 0 Å². The van der Waals surface area contributed by atoms with Gasteiger partial charge in [-0.15, -0.1) is 0 Å². The number of likely N-dealkylation sites (tertiary alicyclic amines) is 1. The fourth-order valence-corrected chi connectivity index (χ4v) is 3.32. The number of aromatic nitrogens is 2. The summed E-state index contributed by atoms with van der Waals surface area (Å²) in [5, 5.41) is 9.90. The number of rotatable bonds is 3. The highest BCUT2D eigenvalue weighted by Crippen LogP contribution is 2.25. The van der Waals surface area contributed by atoms with Crippen LogP contribution >= 0.6 is 0 Å². The van der Waals surface area contributed by atoms with E-state index in [0.29, 0.717) is 6.54 Å². The maximum absolute atomic E-state index is 12.2. The van der Waals surface area contributed by atoms with Gasteiger partial charge in [-0.2, -0.15) is 0 Å².